The lowest BCUT2D eigenvalue weighted by molar-refractivity contribution is -0.716. The molecular formula is C11H11N5O. The Hall–Kier alpha value is -2.24. The highest BCUT2D eigenvalue weighted by atomic mass is 16.6. The summed E-state index contributed by atoms with van der Waals surface area (Å²) in [5, 5.41) is 15.8. The van der Waals surface area contributed by atoms with Crippen molar-refractivity contribution in [3.05, 3.63) is 28.8 Å². The van der Waals surface area contributed by atoms with E-state index in [0.717, 1.165) is 16.8 Å². The minimum absolute atomic E-state index is 0.421. The lowest BCUT2D eigenvalue weighted by atomic mass is 10.1. The average Bonchev–Trinajstić information content (AvgIpc) is 2.75. The van der Waals surface area contributed by atoms with Gasteiger partial charge in [0.05, 0.1) is 0 Å². The second-order valence-electron chi connectivity index (χ2n) is 4.15. The fraction of sp³-hybridized carbons (Fsp3) is 0.273. The van der Waals surface area contributed by atoms with Gasteiger partial charge in [-0.2, -0.15) is 5.16 Å². The Labute approximate surface area is 97.2 Å². The molecular weight excluding hydrogens is 218 g/mol. The standard InChI is InChI=1S/C11H11N5O/c1-6-4-7(2)9(8(3)5-6)16-12-10-11(13-16)15-17-14-10/h4-5H,1-3H3. The molecule has 17 heavy (non-hydrogen) atoms. The summed E-state index contributed by atoms with van der Waals surface area (Å²) in [6.07, 6.45) is 0. The average molecular weight is 229 g/mol. The van der Waals surface area contributed by atoms with Gasteiger partial charge >= 0.3 is 0 Å². The van der Waals surface area contributed by atoms with E-state index in [1.165, 1.54) is 5.56 Å². The fourth-order valence-electron chi connectivity index (χ4n) is 2.10. The van der Waals surface area contributed by atoms with Crippen LogP contribution in [0.3, 0.4) is 0 Å². The minimum Gasteiger partial charge on any atom is -0.312 e. The monoisotopic (exact) mass is 229 g/mol. The molecule has 0 N–H and O–H groups in total. The van der Waals surface area contributed by atoms with Crippen LogP contribution in [0.2, 0.25) is 0 Å². The third-order valence-corrected chi connectivity index (χ3v) is 2.67. The van der Waals surface area contributed by atoms with Gasteiger partial charge in [-0.1, -0.05) is 25.7 Å². The van der Waals surface area contributed by atoms with Gasteiger partial charge in [0.1, 0.15) is 5.65 Å². The fourth-order valence-corrected chi connectivity index (χ4v) is 2.10. The van der Waals surface area contributed by atoms with Gasteiger partial charge in [0.15, 0.2) is 0 Å². The molecule has 0 atom stereocenters. The summed E-state index contributed by atoms with van der Waals surface area (Å²) in [4.78, 5) is 1.56. The number of benzene rings is 1. The van der Waals surface area contributed by atoms with Crippen molar-refractivity contribution in [1.29, 1.82) is 0 Å². The van der Waals surface area contributed by atoms with Crippen molar-refractivity contribution < 1.29 is 9.43 Å². The van der Waals surface area contributed by atoms with Gasteiger partial charge in [0, 0.05) is 11.1 Å². The Balaban J connectivity index is 2.25. The molecule has 0 aliphatic carbocycles. The smallest absolute Gasteiger partial charge is 0.245 e. The highest BCUT2D eigenvalue weighted by Gasteiger charge is 2.16. The van der Waals surface area contributed by atoms with Gasteiger partial charge in [0.2, 0.25) is 11.3 Å². The van der Waals surface area contributed by atoms with E-state index < -0.39 is 0 Å². The summed E-state index contributed by atoms with van der Waals surface area (Å²) in [6.45, 7) is 6.14. The molecule has 3 rings (SSSR count). The largest absolute Gasteiger partial charge is 0.312 e. The molecule has 0 amide bonds. The van der Waals surface area contributed by atoms with Crippen LogP contribution in [-0.4, -0.2) is 15.4 Å². The number of hydrogen-bond donors (Lipinski definition) is 0. The van der Waals surface area contributed by atoms with E-state index in [1.807, 2.05) is 13.8 Å². The summed E-state index contributed by atoms with van der Waals surface area (Å²) in [5.74, 6) is 0. The Morgan fingerprint density at radius 1 is 1.12 bits per heavy atom. The van der Waals surface area contributed by atoms with Crippen molar-refractivity contribution in [1.82, 2.24) is 20.5 Å². The predicted molar refractivity (Wildman–Crippen MR) is 58.7 cm³/mol. The van der Waals surface area contributed by atoms with Crippen LogP contribution in [0.4, 0.5) is 0 Å². The van der Waals surface area contributed by atoms with Gasteiger partial charge in [-0.25, -0.2) is 0 Å². The van der Waals surface area contributed by atoms with E-state index >= 15 is 0 Å². The summed E-state index contributed by atoms with van der Waals surface area (Å²) in [5.41, 5.74) is 5.28. The van der Waals surface area contributed by atoms with Crippen molar-refractivity contribution in [2.75, 3.05) is 0 Å². The first kappa shape index (κ1) is 9.95. The van der Waals surface area contributed by atoms with Crippen LogP contribution in [0.1, 0.15) is 16.7 Å². The van der Waals surface area contributed by atoms with Gasteiger partial charge in [-0.3, -0.25) is 0 Å². The summed E-state index contributed by atoms with van der Waals surface area (Å²) >= 11 is 0. The van der Waals surface area contributed by atoms with Crippen LogP contribution in [0.25, 0.3) is 17.0 Å². The number of aryl methyl sites for hydroxylation is 3. The van der Waals surface area contributed by atoms with Gasteiger partial charge in [-0.05, 0) is 32.9 Å². The maximum Gasteiger partial charge on any atom is 0.245 e. The highest BCUT2D eigenvalue weighted by molar-refractivity contribution is 5.60. The highest BCUT2D eigenvalue weighted by Crippen LogP contribution is 2.15. The van der Waals surface area contributed by atoms with Crippen molar-refractivity contribution >= 4 is 11.3 Å². The molecule has 6 heteroatoms. The zero-order valence-electron chi connectivity index (χ0n) is 9.80. The Morgan fingerprint density at radius 2 is 1.82 bits per heavy atom. The molecule has 0 aliphatic heterocycles. The van der Waals surface area contributed by atoms with Crippen molar-refractivity contribution in [3.63, 3.8) is 0 Å². The third kappa shape index (κ3) is 1.49. The zero-order chi connectivity index (χ0) is 12.0. The molecule has 1 aromatic carbocycles. The first-order chi connectivity index (χ1) is 8.15. The first-order valence-corrected chi connectivity index (χ1v) is 5.29. The van der Waals surface area contributed by atoms with Gasteiger partial charge < -0.3 is 4.63 Å². The molecule has 0 spiro atoms. The first-order valence-electron chi connectivity index (χ1n) is 5.29. The van der Waals surface area contributed by atoms with Crippen LogP contribution in [-0.2, 0) is 0 Å². The van der Waals surface area contributed by atoms with Crippen LogP contribution in [0, 0.1) is 20.8 Å². The van der Waals surface area contributed by atoms with E-state index in [9.17, 15) is 0 Å². The molecule has 0 bridgehead atoms. The van der Waals surface area contributed by atoms with E-state index in [-0.39, 0.29) is 0 Å². The Bertz CT molecular complexity index is 645. The molecule has 0 saturated carbocycles. The molecule has 3 aromatic rings. The molecule has 86 valence electrons. The lowest BCUT2D eigenvalue weighted by Crippen LogP contribution is -2.39. The maximum atomic E-state index is 4.54. The topological polar surface area (TPSA) is 69.8 Å². The Morgan fingerprint density at radius 3 is 2.47 bits per heavy atom. The van der Waals surface area contributed by atoms with Crippen LogP contribution >= 0.6 is 0 Å². The zero-order valence-corrected chi connectivity index (χ0v) is 9.80. The summed E-state index contributed by atoms with van der Waals surface area (Å²) < 4.78 is 4.54. The lowest BCUT2D eigenvalue weighted by Gasteiger charge is -2.03. The second kappa shape index (κ2) is 3.38. The maximum absolute atomic E-state index is 4.54. The van der Waals surface area contributed by atoms with Gasteiger partial charge in [-0.15, -0.1) is 0 Å². The molecule has 0 aliphatic rings. The summed E-state index contributed by atoms with van der Waals surface area (Å²) in [6, 6.07) is 4.20. The number of hydrogen-bond acceptors (Lipinski definition) is 4. The van der Waals surface area contributed by atoms with Gasteiger partial charge in [0.25, 0.3) is 0 Å². The van der Waals surface area contributed by atoms with E-state index in [1.54, 1.807) is 4.80 Å². The second-order valence-corrected chi connectivity index (χ2v) is 4.15. The quantitative estimate of drug-likeness (QED) is 0.576. The van der Waals surface area contributed by atoms with Crippen LogP contribution in [0.5, 0.6) is 0 Å². The predicted octanol–water partition coefficient (Wildman–Crippen LogP) is 0.777. The Kier molecular flexibility index (Phi) is 1.98. The van der Waals surface area contributed by atoms with E-state index in [2.05, 4.69) is 44.2 Å². The minimum atomic E-state index is 0.421. The molecule has 0 unspecified atom stereocenters. The number of nitrogens with zero attached hydrogens (tertiary/aromatic N) is 5. The van der Waals surface area contributed by atoms with Crippen molar-refractivity contribution in [2.45, 2.75) is 20.8 Å². The normalized spacial score (nSPS) is 11.2. The van der Waals surface area contributed by atoms with Crippen LogP contribution < -0.4 is 9.90 Å². The van der Waals surface area contributed by atoms with Crippen molar-refractivity contribution in [2.24, 2.45) is 0 Å². The number of aromatic nitrogens is 5. The SMILES string of the molecule is Cc1cc(C)c(-[n+]2nc3nonc3[n-]2)c(C)c1. The third-order valence-electron chi connectivity index (χ3n) is 2.67. The number of fused-ring (bicyclic) bond motifs is 1. The molecule has 2 aromatic heterocycles. The summed E-state index contributed by atoms with van der Waals surface area (Å²) in [7, 11) is 0. The molecule has 0 radical (unpaired) electrons. The molecule has 2 heterocycles. The van der Waals surface area contributed by atoms with Crippen LogP contribution in [0.15, 0.2) is 16.8 Å². The molecule has 0 saturated heterocycles. The van der Waals surface area contributed by atoms with E-state index in [4.69, 9.17) is 0 Å². The van der Waals surface area contributed by atoms with E-state index in [0.29, 0.717) is 11.3 Å². The molecule has 6 nitrogen and oxygen atoms in total. The van der Waals surface area contributed by atoms with Crippen molar-refractivity contribution in [3.8, 4) is 5.69 Å². The number of rotatable bonds is 1. The molecule has 0 fully saturated rings.